The molecule has 37 heavy (non-hydrogen) atoms. The zero-order valence-electron chi connectivity index (χ0n) is 21.2. The second-order valence-electron chi connectivity index (χ2n) is 9.61. The molecule has 0 spiro atoms. The minimum absolute atomic E-state index is 0.00922. The lowest BCUT2D eigenvalue weighted by molar-refractivity contribution is -0.141. The summed E-state index contributed by atoms with van der Waals surface area (Å²) >= 11 is 7.63. The fraction of sp³-hybridized carbons (Fsp3) is 0.355. The quantitative estimate of drug-likeness (QED) is 0.272. The Morgan fingerprint density at radius 3 is 2.14 bits per heavy atom. The summed E-state index contributed by atoms with van der Waals surface area (Å²) in [4.78, 5) is 30.4. The van der Waals surface area contributed by atoms with E-state index in [2.05, 4.69) is 5.32 Å². The van der Waals surface area contributed by atoms with E-state index in [-0.39, 0.29) is 17.9 Å². The Balaban J connectivity index is 1.54. The molecular formula is C31H35ClN2O2S. The standard InChI is InChI=1S/C31H35ClN2O2S/c32-26-16-18-28(19-17-26)37-21-20-30(35)34(23-25-12-6-2-7-13-25)29(22-24-10-4-1-5-11-24)31(36)33-27-14-8-3-9-15-27/h1-2,4-7,10-13,16-19,27,29H,3,8-9,14-15,20-23H2,(H,33,36)/t29-/m0/s1. The van der Waals surface area contributed by atoms with E-state index in [0.29, 0.717) is 30.2 Å². The van der Waals surface area contributed by atoms with E-state index >= 15 is 0 Å². The monoisotopic (exact) mass is 534 g/mol. The van der Waals surface area contributed by atoms with Gasteiger partial charge >= 0.3 is 0 Å². The van der Waals surface area contributed by atoms with E-state index in [0.717, 1.165) is 41.7 Å². The van der Waals surface area contributed by atoms with Gasteiger partial charge in [0.25, 0.3) is 0 Å². The lowest BCUT2D eigenvalue weighted by Gasteiger charge is -2.33. The summed E-state index contributed by atoms with van der Waals surface area (Å²) in [6.07, 6.45) is 6.36. The minimum atomic E-state index is -0.572. The molecule has 2 amide bonds. The predicted molar refractivity (Wildman–Crippen MR) is 153 cm³/mol. The summed E-state index contributed by atoms with van der Waals surface area (Å²) in [5.74, 6) is 0.573. The third-order valence-corrected chi connectivity index (χ3v) is 8.08. The van der Waals surface area contributed by atoms with Gasteiger partial charge in [0.1, 0.15) is 6.04 Å². The van der Waals surface area contributed by atoms with Crippen LogP contribution < -0.4 is 5.32 Å². The second-order valence-corrected chi connectivity index (χ2v) is 11.2. The van der Waals surface area contributed by atoms with Crippen LogP contribution in [-0.4, -0.2) is 34.6 Å². The van der Waals surface area contributed by atoms with Crippen molar-refractivity contribution >= 4 is 35.2 Å². The molecule has 0 unspecified atom stereocenters. The van der Waals surface area contributed by atoms with Gasteiger partial charge in [0.15, 0.2) is 0 Å². The maximum Gasteiger partial charge on any atom is 0.243 e. The SMILES string of the molecule is O=C(NC1CCCCC1)[C@H](Cc1ccccc1)N(Cc1ccccc1)C(=O)CCSc1ccc(Cl)cc1. The summed E-state index contributed by atoms with van der Waals surface area (Å²) in [5.41, 5.74) is 2.07. The zero-order chi connectivity index (χ0) is 25.9. The van der Waals surface area contributed by atoms with Crippen molar-refractivity contribution in [1.29, 1.82) is 0 Å². The molecule has 1 N–H and O–H groups in total. The number of carbonyl (C=O) groups excluding carboxylic acids is 2. The first-order chi connectivity index (χ1) is 18.1. The third-order valence-electron chi connectivity index (χ3n) is 6.82. The summed E-state index contributed by atoms with van der Waals surface area (Å²) in [6, 6.07) is 27.2. The van der Waals surface area contributed by atoms with Gasteiger partial charge in [-0.3, -0.25) is 9.59 Å². The van der Waals surface area contributed by atoms with E-state index < -0.39 is 6.04 Å². The van der Waals surface area contributed by atoms with E-state index in [4.69, 9.17) is 11.6 Å². The van der Waals surface area contributed by atoms with Gasteiger partial charge in [0.05, 0.1) is 0 Å². The molecule has 0 aliphatic heterocycles. The zero-order valence-corrected chi connectivity index (χ0v) is 22.7. The number of rotatable bonds is 11. The van der Waals surface area contributed by atoms with Crippen LogP contribution in [0.25, 0.3) is 0 Å². The van der Waals surface area contributed by atoms with E-state index in [1.165, 1.54) is 6.42 Å². The van der Waals surface area contributed by atoms with Crippen molar-refractivity contribution in [1.82, 2.24) is 10.2 Å². The molecule has 6 heteroatoms. The Hall–Kier alpha value is -2.76. The molecule has 3 aromatic rings. The molecule has 3 aromatic carbocycles. The van der Waals surface area contributed by atoms with Crippen LogP contribution in [0.3, 0.4) is 0 Å². The minimum Gasteiger partial charge on any atom is -0.352 e. The molecule has 0 saturated heterocycles. The highest BCUT2D eigenvalue weighted by atomic mass is 35.5. The topological polar surface area (TPSA) is 49.4 Å². The van der Waals surface area contributed by atoms with Crippen LogP contribution in [0, 0.1) is 0 Å². The van der Waals surface area contributed by atoms with Crippen LogP contribution in [-0.2, 0) is 22.6 Å². The van der Waals surface area contributed by atoms with Crippen molar-refractivity contribution in [2.75, 3.05) is 5.75 Å². The molecule has 0 radical (unpaired) electrons. The first kappa shape index (κ1) is 27.3. The third kappa shape index (κ3) is 8.65. The lowest BCUT2D eigenvalue weighted by atomic mass is 9.94. The van der Waals surface area contributed by atoms with Crippen molar-refractivity contribution in [3.63, 3.8) is 0 Å². The summed E-state index contributed by atoms with van der Waals surface area (Å²) < 4.78 is 0. The first-order valence-corrected chi connectivity index (χ1v) is 14.5. The van der Waals surface area contributed by atoms with Gasteiger partial charge in [-0.25, -0.2) is 0 Å². The maximum absolute atomic E-state index is 13.8. The Kier molecular flexibility index (Phi) is 10.5. The van der Waals surface area contributed by atoms with E-state index in [1.807, 2.05) is 84.9 Å². The number of hydrogen-bond acceptors (Lipinski definition) is 3. The fourth-order valence-corrected chi connectivity index (χ4v) is 5.78. The Morgan fingerprint density at radius 1 is 0.865 bits per heavy atom. The molecule has 1 aliphatic rings. The molecule has 0 aromatic heterocycles. The number of nitrogens with zero attached hydrogens (tertiary/aromatic N) is 1. The second kappa shape index (κ2) is 14.3. The highest BCUT2D eigenvalue weighted by Crippen LogP contribution is 2.23. The van der Waals surface area contributed by atoms with Gasteiger partial charge in [-0.15, -0.1) is 11.8 Å². The molecule has 1 aliphatic carbocycles. The number of amides is 2. The average molecular weight is 535 g/mol. The Labute approximate surface area is 229 Å². The number of thioether (sulfide) groups is 1. The maximum atomic E-state index is 13.8. The molecular weight excluding hydrogens is 500 g/mol. The Morgan fingerprint density at radius 2 is 1.49 bits per heavy atom. The summed E-state index contributed by atoms with van der Waals surface area (Å²) in [6.45, 7) is 0.404. The predicted octanol–water partition coefficient (Wildman–Crippen LogP) is 6.91. The molecule has 4 rings (SSSR count). The van der Waals surface area contributed by atoms with Crippen LogP contribution in [0.15, 0.2) is 89.8 Å². The Bertz CT molecular complexity index is 1120. The van der Waals surface area contributed by atoms with E-state index in [9.17, 15) is 9.59 Å². The number of carbonyl (C=O) groups is 2. The molecule has 1 fully saturated rings. The molecule has 0 heterocycles. The van der Waals surface area contributed by atoms with Crippen molar-refractivity contribution in [2.45, 2.75) is 68.5 Å². The van der Waals surface area contributed by atoms with Crippen LogP contribution in [0.1, 0.15) is 49.7 Å². The number of hydrogen-bond donors (Lipinski definition) is 1. The summed E-state index contributed by atoms with van der Waals surface area (Å²) in [7, 11) is 0. The molecule has 194 valence electrons. The lowest BCUT2D eigenvalue weighted by Crippen LogP contribution is -2.52. The largest absolute Gasteiger partial charge is 0.352 e. The van der Waals surface area contributed by atoms with Gasteiger partial charge in [-0.1, -0.05) is 91.5 Å². The highest BCUT2D eigenvalue weighted by molar-refractivity contribution is 7.99. The van der Waals surface area contributed by atoms with Gasteiger partial charge in [0.2, 0.25) is 11.8 Å². The van der Waals surface area contributed by atoms with Crippen molar-refractivity contribution in [2.24, 2.45) is 0 Å². The van der Waals surface area contributed by atoms with E-state index in [1.54, 1.807) is 16.7 Å². The smallest absolute Gasteiger partial charge is 0.243 e. The molecule has 1 atom stereocenters. The number of benzene rings is 3. The van der Waals surface area contributed by atoms with Gasteiger partial charge < -0.3 is 10.2 Å². The first-order valence-electron chi connectivity index (χ1n) is 13.1. The van der Waals surface area contributed by atoms with Crippen molar-refractivity contribution in [3.8, 4) is 0 Å². The average Bonchev–Trinajstić information content (AvgIpc) is 2.93. The molecule has 4 nitrogen and oxygen atoms in total. The van der Waals surface area contributed by atoms with Crippen LogP contribution >= 0.6 is 23.4 Å². The van der Waals surface area contributed by atoms with Crippen LogP contribution in [0.4, 0.5) is 0 Å². The van der Waals surface area contributed by atoms with Crippen LogP contribution in [0.5, 0.6) is 0 Å². The number of nitrogens with one attached hydrogen (secondary N) is 1. The van der Waals surface area contributed by atoms with Gasteiger partial charge in [-0.2, -0.15) is 0 Å². The normalized spacial score (nSPS) is 14.6. The highest BCUT2D eigenvalue weighted by Gasteiger charge is 2.31. The van der Waals surface area contributed by atoms with Crippen LogP contribution in [0.2, 0.25) is 5.02 Å². The van der Waals surface area contributed by atoms with Crippen molar-refractivity contribution < 1.29 is 9.59 Å². The number of halogens is 1. The molecule has 0 bridgehead atoms. The fourth-order valence-electron chi connectivity index (χ4n) is 4.81. The van der Waals surface area contributed by atoms with Gasteiger partial charge in [0, 0.05) is 41.1 Å². The van der Waals surface area contributed by atoms with Crippen molar-refractivity contribution in [3.05, 3.63) is 101 Å². The summed E-state index contributed by atoms with van der Waals surface area (Å²) in [5, 5.41) is 3.99. The van der Waals surface area contributed by atoms with Gasteiger partial charge in [-0.05, 0) is 48.2 Å². The molecule has 1 saturated carbocycles.